The molecule has 0 saturated heterocycles. The fourth-order valence-corrected chi connectivity index (χ4v) is 2.28. The second-order valence-electron chi connectivity index (χ2n) is 6.05. The number of hydrogen-bond donors (Lipinski definition) is 1. The average Bonchev–Trinajstić information content (AvgIpc) is 2.92. The number of nitrogens with one attached hydrogen (secondary N) is 1. The molecule has 1 aliphatic rings. The lowest BCUT2D eigenvalue weighted by atomic mass is 10.1. The number of ether oxygens (including phenoxy) is 3. The van der Waals surface area contributed by atoms with Crippen LogP contribution in [-0.2, 0) is 11.2 Å². The van der Waals surface area contributed by atoms with Crippen molar-refractivity contribution in [2.75, 3.05) is 26.6 Å². The van der Waals surface area contributed by atoms with E-state index >= 15 is 0 Å². The van der Waals surface area contributed by atoms with Crippen molar-refractivity contribution >= 4 is 0 Å². The van der Waals surface area contributed by atoms with Crippen molar-refractivity contribution in [3.8, 4) is 11.5 Å². The van der Waals surface area contributed by atoms with Gasteiger partial charge in [-0.2, -0.15) is 0 Å². The molecule has 0 saturated carbocycles. The van der Waals surface area contributed by atoms with Crippen molar-refractivity contribution in [1.82, 2.24) is 5.32 Å². The first-order valence-corrected chi connectivity index (χ1v) is 7.85. The molecule has 4 heteroatoms. The molecule has 0 spiro atoms. The van der Waals surface area contributed by atoms with Gasteiger partial charge in [0.2, 0.25) is 6.79 Å². The van der Waals surface area contributed by atoms with E-state index in [-0.39, 0.29) is 0 Å². The highest BCUT2D eigenvalue weighted by Crippen LogP contribution is 2.32. The summed E-state index contributed by atoms with van der Waals surface area (Å²) in [4.78, 5) is 0. The van der Waals surface area contributed by atoms with Crippen LogP contribution in [0.15, 0.2) is 18.2 Å². The van der Waals surface area contributed by atoms with Gasteiger partial charge in [-0.25, -0.2) is 0 Å². The molecule has 0 aromatic heterocycles. The molecule has 0 bridgehead atoms. The van der Waals surface area contributed by atoms with Gasteiger partial charge in [0.1, 0.15) is 0 Å². The lowest BCUT2D eigenvalue weighted by Crippen LogP contribution is -2.30. The molecule has 21 heavy (non-hydrogen) atoms. The van der Waals surface area contributed by atoms with Crippen LogP contribution in [0, 0.1) is 5.92 Å². The predicted molar refractivity (Wildman–Crippen MR) is 84.0 cm³/mol. The Kier molecular flexibility index (Phi) is 6.33. The van der Waals surface area contributed by atoms with Gasteiger partial charge in [-0.15, -0.1) is 0 Å². The first kappa shape index (κ1) is 16.1. The fraction of sp³-hybridized carbons (Fsp3) is 0.647. The Morgan fingerprint density at radius 3 is 2.81 bits per heavy atom. The van der Waals surface area contributed by atoms with Crippen molar-refractivity contribution in [3.05, 3.63) is 23.8 Å². The van der Waals surface area contributed by atoms with Gasteiger partial charge in [0.25, 0.3) is 0 Å². The highest BCUT2D eigenvalue weighted by atomic mass is 16.7. The summed E-state index contributed by atoms with van der Waals surface area (Å²) in [5.74, 6) is 2.33. The zero-order valence-electron chi connectivity index (χ0n) is 13.4. The smallest absolute Gasteiger partial charge is 0.231 e. The lowest BCUT2D eigenvalue weighted by Gasteiger charge is -2.14. The van der Waals surface area contributed by atoms with E-state index < -0.39 is 0 Å². The molecule has 1 heterocycles. The maximum Gasteiger partial charge on any atom is 0.231 e. The van der Waals surface area contributed by atoms with Crippen LogP contribution in [0.3, 0.4) is 0 Å². The van der Waals surface area contributed by atoms with E-state index in [0.29, 0.717) is 18.8 Å². The summed E-state index contributed by atoms with van der Waals surface area (Å²) in [6.45, 7) is 9.43. The summed E-state index contributed by atoms with van der Waals surface area (Å²) < 4.78 is 16.3. The largest absolute Gasteiger partial charge is 0.454 e. The van der Waals surface area contributed by atoms with E-state index in [1.807, 2.05) is 6.07 Å². The van der Waals surface area contributed by atoms with Gasteiger partial charge in [-0.3, -0.25) is 0 Å². The molecular weight excluding hydrogens is 266 g/mol. The fourth-order valence-electron chi connectivity index (χ4n) is 2.28. The number of aryl methyl sites for hydroxylation is 1. The Balaban J connectivity index is 1.61. The molecule has 1 N–H and O–H groups in total. The maximum absolute atomic E-state index is 5.57. The molecule has 1 aromatic rings. The number of benzene rings is 1. The third-order valence-corrected chi connectivity index (χ3v) is 3.49. The van der Waals surface area contributed by atoms with E-state index in [1.165, 1.54) is 5.56 Å². The molecule has 0 amide bonds. The molecule has 118 valence electrons. The van der Waals surface area contributed by atoms with E-state index in [0.717, 1.165) is 44.1 Å². The van der Waals surface area contributed by atoms with Crippen LogP contribution in [0.1, 0.15) is 32.8 Å². The van der Waals surface area contributed by atoms with Crippen LogP contribution in [0.4, 0.5) is 0 Å². The number of fused-ring (bicyclic) bond motifs is 1. The zero-order chi connectivity index (χ0) is 15.1. The number of rotatable bonds is 9. The summed E-state index contributed by atoms with van der Waals surface area (Å²) in [6.07, 6.45) is 2.14. The third kappa shape index (κ3) is 5.56. The van der Waals surface area contributed by atoms with E-state index in [4.69, 9.17) is 14.2 Å². The quantitative estimate of drug-likeness (QED) is 0.711. The first-order valence-electron chi connectivity index (χ1n) is 7.85. The Hall–Kier alpha value is -1.26. The van der Waals surface area contributed by atoms with Crippen LogP contribution in [0.2, 0.25) is 0 Å². The summed E-state index contributed by atoms with van der Waals surface area (Å²) in [5.41, 5.74) is 1.30. The van der Waals surface area contributed by atoms with Gasteiger partial charge in [0, 0.05) is 19.2 Å². The van der Waals surface area contributed by atoms with E-state index in [1.54, 1.807) is 0 Å². The van der Waals surface area contributed by atoms with Crippen LogP contribution in [0.5, 0.6) is 11.5 Å². The van der Waals surface area contributed by atoms with Crippen molar-refractivity contribution in [2.45, 2.75) is 39.7 Å². The van der Waals surface area contributed by atoms with Gasteiger partial charge in [-0.1, -0.05) is 19.9 Å². The van der Waals surface area contributed by atoms with Gasteiger partial charge >= 0.3 is 0 Å². The predicted octanol–water partition coefficient (Wildman–Crippen LogP) is 3.00. The summed E-state index contributed by atoms with van der Waals surface area (Å²) in [7, 11) is 0. The third-order valence-electron chi connectivity index (χ3n) is 3.49. The molecule has 0 radical (unpaired) electrons. The summed E-state index contributed by atoms with van der Waals surface area (Å²) in [5, 5.41) is 3.50. The minimum Gasteiger partial charge on any atom is -0.454 e. The summed E-state index contributed by atoms with van der Waals surface area (Å²) in [6, 6.07) is 6.68. The Morgan fingerprint density at radius 2 is 2.00 bits per heavy atom. The minimum absolute atomic E-state index is 0.340. The first-order chi connectivity index (χ1) is 10.1. The monoisotopic (exact) mass is 293 g/mol. The standard InChI is InChI=1S/C17H27NO3/c1-13(2)11-19-9-8-18-14(3)4-5-15-6-7-16-17(10-15)21-12-20-16/h6-7,10,13-14,18H,4-5,8-9,11-12H2,1-3H3. The number of hydrogen-bond acceptors (Lipinski definition) is 4. The second kappa shape index (κ2) is 8.25. The zero-order valence-corrected chi connectivity index (χ0v) is 13.4. The van der Waals surface area contributed by atoms with Crippen LogP contribution in [0.25, 0.3) is 0 Å². The molecule has 4 nitrogen and oxygen atoms in total. The maximum atomic E-state index is 5.57. The molecular formula is C17H27NO3. The highest BCUT2D eigenvalue weighted by molar-refractivity contribution is 5.44. The molecule has 1 unspecified atom stereocenters. The SMILES string of the molecule is CC(C)COCCNC(C)CCc1ccc2c(c1)OCO2. The highest BCUT2D eigenvalue weighted by Gasteiger charge is 2.13. The minimum atomic E-state index is 0.340. The molecule has 0 fully saturated rings. The van der Waals surface area contributed by atoms with E-state index in [9.17, 15) is 0 Å². The van der Waals surface area contributed by atoms with Crippen molar-refractivity contribution < 1.29 is 14.2 Å². The molecule has 1 atom stereocenters. The van der Waals surface area contributed by atoms with Crippen molar-refractivity contribution in [2.24, 2.45) is 5.92 Å². The van der Waals surface area contributed by atoms with Crippen molar-refractivity contribution in [3.63, 3.8) is 0 Å². The Labute approximate surface area is 127 Å². The van der Waals surface area contributed by atoms with Gasteiger partial charge in [0.05, 0.1) is 6.61 Å². The van der Waals surface area contributed by atoms with E-state index in [2.05, 4.69) is 38.2 Å². The summed E-state index contributed by atoms with van der Waals surface area (Å²) >= 11 is 0. The topological polar surface area (TPSA) is 39.7 Å². The lowest BCUT2D eigenvalue weighted by molar-refractivity contribution is 0.110. The van der Waals surface area contributed by atoms with Crippen LogP contribution >= 0.6 is 0 Å². The average molecular weight is 293 g/mol. The van der Waals surface area contributed by atoms with Crippen molar-refractivity contribution in [1.29, 1.82) is 0 Å². The Bertz CT molecular complexity index is 434. The molecule has 1 aliphatic heterocycles. The van der Waals surface area contributed by atoms with Gasteiger partial charge < -0.3 is 19.5 Å². The van der Waals surface area contributed by atoms with Gasteiger partial charge in [-0.05, 0) is 43.4 Å². The van der Waals surface area contributed by atoms with Crippen LogP contribution < -0.4 is 14.8 Å². The molecule has 2 rings (SSSR count). The second-order valence-corrected chi connectivity index (χ2v) is 6.05. The normalized spacial score (nSPS) is 14.7. The van der Waals surface area contributed by atoms with Gasteiger partial charge in [0.15, 0.2) is 11.5 Å². The van der Waals surface area contributed by atoms with Crippen LogP contribution in [-0.4, -0.2) is 32.6 Å². The Morgan fingerprint density at radius 1 is 1.19 bits per heavy atom. The molecule has 0 aliphatic carbocycles. The molecule has 1 aromatic carbocycles.